The standard InChI is InChI=1S/C9H14N4O3S/c1-10-7-11-8(16-3)13-9(12-7)17-5-4-6(14)15-2/h4-5H2,1-3H3,(H,10,11,12,13). The highest BCUT2D eigenvalue weighted by Gasteiger charge is 2.07. The third-order valence-electron chi connectivity index (χ3n) is 1.77. The normalized spacial score (nSPS) is 9.82. The Morgan fingerprint density at radius 1 is 1.35 bits per heavy atom. The predicted molar refractivity (Wildman–Crippen MR) is 63.3 cm³/mol. The van der Waals surface area contributed by atoms with Gasteiger partial charge in [-0.1, -0.05) is 11.8 Å². The number of esters is 1. The van der Waals surface area contributed by atoms with Crippen LogP contribution in [0.5, 0.6) is 6.01 Å². The van der Waals surface area contributed by atoms with Gasteiger partial charge in [-0.05, 0) is 0 Å². The zero-order valence-corrected chi connectivity index (χ0v) is 10.7. The van der Waals surface area contributed by atoms with E-state index in [4.69, 9.17) is 4.74 Å². The summed E-state index contributed by atoms with van der Waals surface area (Å²) in [4.78, 5) is 23.1. The van der Waals surface area contributed by atoms with Crippen molar-refractivity contribution >= 4 is 23.7 Å². The lowest BCUT2D eigenvalue weighted by Crippen LogP contribution is -2.04. The van der Waals surface area contributed by atoms with Crippen LogP contribution in [-0.2, 0) is 9.53 Å². The summed E-state index contributed by atoms with van der Waals surface area (Å²) >= 11 is 1.34. The summed E-state index contributed by atoms with van der Waals surface area (Å²) in [6.45, 7) is 0. The quantitative estimate of drug-likeness (QED) is 0.585. The van der Waals surface area contributed by atoms with Crippen LogP contribution in [0.4, 0.5) is 5.95 Å². The van der Waals surface area contributed by atoms with Crippen molar-refractivity contribution in [2.24, 2.45) is 0 Å². The van der Waals surface area contributed by atoms with Crippen molar-refractivity contribution in [1.82, 2.24) is 15.0 Å². The minimum absolute atomic E-state index is 0.241. The summed E-state index contributed by atoms with van der Waals surface area (Å²) in [7, 11) is 4.55. The molecule has 0 amide bonds. The average Bonchev–Trinajstić information content (AvgIpc) is 2.37. The van der Waals surface area contributed by atoms with Crippen LogP contribution in [0.3, 0.4) is 0 Å². The van der Waals surface area contributed by atoms with Gasteiger partial charge in [-0.3, -0.25) is 4.79 Å². The van der Waals surface area contributed by atoms with Gasteiger partial charge in [0.1, 0.15) is 0 Å². The molecule has 0 aromatic carbocycles. The third kappa shape index (κ3) is 4.43. The molecule has 0 spiro atoms. The summed E-state index contributed by atoms with van der Waals surface area (Å²) in [5.74, 6) is 0.716. The Morgan fingerprint density at radius 3 is 2.71 bits per heavy atom. The zero-order valence-electron chi connectivity index (χ0n) is 9.89. The molecule has 0 aliphatic carbocycles. The largest absolute Gasteiger partial charge is 0.469 e. The molecule has 1 aromatic rings. The van der Waals surface area contributed by atoms with E-state index in [0.717, 1.165) is 0 Å². The number of anilines is 1. The van der Waals surface area contributed by atoms with E-state index in [1.54, 1.807) is 7.05 Å². The first kappa shape index (κ1) is 13.5. The fraction of sp³-hybridized carbons (Fsp3) is 0.556. The Labute approximate surface area is 103 Å². The molecule has 17 heavy (non-hydrogen) atoms. The first-order chi connectivity index (χ1) is 8.19. The van der Waals surface area contributed by atoms with E-state index in [1.165, 1.54) is 26.0 Å². The van der Waals surface area contributed by atoms with Crippen molar-refractivity contribution in [3.63, 3.8) is 0 Å². The lowest BCUT2D eigenvalue weighted by molar-refractivity contribution is -0.140. The number of hydrogen-bond acceptors (Lipinski definition) is 8. The Hall–Kier alpha value is -1.57. The fourth-order valence-electron chi connectivity index (χ4n) is 0.933. The molecule has 1 heterocycles. The first-order valence-corrected chi connectivity index (χ1v) is 5.85. The van der Waals surface area contributed by atoms with Crippen molar-refractivity contribution in [1.29, 1.82) is 0 Å². The minimum atomic E-state index is -0.257. The number of carbonyl (C=O) groups is 1. The molecule has 0 bridgehead atoms. The number of hydrogen-bond donors (Lipinski definition) is 1. The van der Waals surface area contributed by atoms with Crippen LogP contribution in [0.25, 0.3) is 0 Å². The van der Waals surface area contributed by atoms with Crippen LogP contribution in [0.15, 0.2) is 5.16 Å². The van der Waals surface area contributed by atoms with Gasteiger partial charge in [-0.2, -0.15) is 15.0 Å². The summed E-state index contributed by atoms with van der Waals surface area (Å²) in [5, 5.41) is 3.31. The van der Waals surface area contributed by atoms with Crippen LogP contribution in [0.2, 0.25) is 0 Å². The van der Waals surface area contributed by atoms with Crippen LogP contribution in [0.1, 0.15) is 6.42 Å². The molecule has 0 fully saturated rings. The summed E-state index contributed by atoms with van der Waals surface area (Å²) in [6.07, 6.45) is 0.310. The Balaban J connectivity index is 2.60. The Bertz CT molecular complexity index is 366. The SMILES string of the molecule is CNc1nc(OC)nc(SCCC(=O)OC)n1. The molecule has 1 aromatic heterocycles. The highest BCUT2D eigenvalue weighted by atomic mass is 32.2. The van der Waals surface area contributed by atoms with E-state index in [9.17, 15) is 4.79 Å². The lowest BCUT2D eigenvalue weighted by Gasteiger charge is -2.04. The van der Waals surface area contributed by atoms with Crippen LogP contribution in [-0.4, -0.2) is 47.9 Å². The topological polar surface area (TPSA) is 86.2 Å². The monoisotopic (exact) mass is 258 g/mol. The molecular formula is C9H14N4O3S. The average molecular weight is 258 g/mol. The number of nitrogens with one attached hydrogen (secondary N) is 1. The molecule has 0 aliphatic rings. The van der Waals surface area contributed by atoms with Gasteiger partial charge in [0, 0.05) is 12.8 Å². The zero-order chi connectivity index (χ0) is 12.7. The molecule has 0 aliphatic heterocycles. The number of methoxy groups -OCH3 is 2. The smallest absolute Gasteiger partial charge is 0.321 e. The van der Waals surface area contributed by atoms with Gasteiger partial charge in [0.05, 0.1) is 20.6 Å². The van der Waals surface area contributed by atoms with Gasteiger partial charge in [-0.25, -0.2) is 0 Å². The summed E-state index contributed by atoms with van der Waals surface area (Å²) in [6, 6.07) is 0.241. The molecule has 1 rings (SSSR count). The summed E-state index contributed by atoms with van der Waals surface area (Å²) in [5.41, 5.74) is 0. The first-order valence-electron chi connectivity index (χ1n) is 4.87. The second kappa shape index (κ2) is 6.89. The van der Waals surface area contributed by atoms with Crippen molar-refractivity contribution in [3.8, 4) is 6.01 Å². The van der Waals surface area contributed by atoms with Gasteiger partial charge >= 0.3 is 12.0 Å². The number of ether oxygens (including phenoxy) is 2. The number of thioether (sulfide) groups is 1. The Morgan fingerprint density at radius 2 is 2.12 bits per heavy atom. The van der Waals surface area contributed by atoms with E-state index in [0.29, 0.717) is 23.3 Å². The molecule has 1 N–H and O–H groups in total. The molecule has 0 unspecified atom stereocenters. The van der Waals surface area contributed by atoms with Crippen LogP contribution in [0, 0.1) is 0 Å². The second-order valence-corrected chi connectivity index (χ2v) is 3.91. The van der Waals surface area contributed by atoms with Gasteiger partial charge in [0.2, 0.25) is 5.95 Å². The van der Waals surface area contributed by atoms with Crippen molar-refractivity contribution in [3.05, 3.63) is 0 Å². The Kier molecular flexibility index (Phi) is 5.47. The van der Waals surface area contributed by atoms with Gasteiger partial charge < -0.3 is 14.8 Å². The molecule has 0 atom stereocenters. The summed E-state index contributed by atoms with van der Waals surface area (Å²) < 4.78 is 9.47. The molecule has 7 nitrogen and oxygen atoms in total. The number of rotatable bonds is 6. The van der Waals surface area contributed by atoms with E-state index >= 15 is 0 Å². The van der Waals surface area contributed by atoms with E-state index in [2.05, 4.69) is 25.0 Å². The van der Waals surface area contributed by atoms with E-state index in [1.807, 2.05) is 0 Å². The lowest BCUT2D eigenvalue weighted by atomic mass is 10.5. The van der Waals surface area contributed by atoms with Gasteiger partial charge in [-0.15, -0.1) is 0 Å². The highest BCUT2D eigenvalue weighted by molar-refractivity contribution is 7.99. The van der Waals surface area contributed by atoms with Crippen molar-refractivity contribution in [2.45, 2.75) is 11.6 Å². The molecule has 0 saturated heterocycles. The maximum absolute atomic E-state index is 10.9. The van der Waals surface area contributed by atoms with Crippen molar-refractivity contribution < 1.29 is 14.3 Å². The van der Waals surface area contributed by atoms with E-state index < -0.39 is 0 Å². The fourth-order valence-corrected chi connectivity index (χ4v) is 1.68. The molecular weight excluding hydrogens is 244 g/mol. The third-order valence-corrected chi connectivity index (χ3v) is 2.61. The van der Waals surface area contributed by atoms with Crippen LogP contribution >= 0.6 is 11.8 Å². The van der Waals surface area contributed by atoms with E-state index in [-0.39, 0.29) is 12.0 Å². The van der Waals surface area contributed by atoms with Gasteiger partial charge in [0.25, 0.3) is 0 Å². The number of carbonyl (C=O) groups excluding carboxylic acids is 1. The molecule has 0 radical (unpaired) electrons. The molecule has 8 heteroatoms. The van der Waals surface area contributed by atoms with Crippen LogP contribution < -0.4 is 10.1 Å². The van der Waals surface area contributed by atoms with Crippen molar-refractivity contribution in [2.75, 3.05) is 32.3 Å². The minimum Gasteiger partial charge on any atom is -0.469 e. The maximum atomic E-state index is 10.9. The molecule has 0 saturated carbocycles. The second-order valence-electron chi connectivity index (χ2n) is 2.85. The predicted octanol–water partition coefficient (Wildman–Crippen LogP) is 0.577. The number of aromatic nitrogens is 3. The van der Waals surface area contributed by atoms with Gasteiger partial charge in [0.15, 0.2) is 5.16 Å². The number of nitrogens with zero attached hydrogens (tertiary/aromatic N) is 3. The highest BCUT2D eigenvalue weighted by Crippen LogP contribution is 2.17. The maximum Gasteiger partial charge on any atom is 0.321 e. The molecule has 94 valence electrons.